The summed E-state index contributed by atoms with van der Waals surface area (Å²) < 4.78 is 1.87. The number of fused-ring (bicyclic) bond motifs is 4. The minimum absolute atomic E-state index is 0.0499. The summed E-state index contributed by atoms with van der Waals surface area (Å²) in [4.78, 5) is 31.3. The van der Waals surface area contributed by atoms with Gasteiger partial charge in [0.05, 0.1) is 5.69 Å². The van der Waals surface area contributed by atoms with E-state index >= 15 is 0 Å². The normalized spacial score (nSPS) is 21.0. The van der Waals surface area contributed by atoms with E-state index in [1.165, 1.54) is 0 Å². The fourth-order valence-corrected chi connectivity index (χ4v) is 4.31. The number of nitrogens with zero attached hydrogens (tertiary/aromatic N) is 4. The van der Waals surface area contributed by atoms with E-state index in [-0.39, 0.29) is 17.4 Å². The van der Waals surface area contributed by atoms with Crippen molar-refractivity contribution in [2.24, 2.45) is 5.92 Å². The predicted molar refractivity (Wildman–Crippen MR) is 99.3 cm³/mol. The zero-order valence-corrected chi connectivity index (χ0v) is 14.7. The molecule has 5 heterocycles. The highest BCUT2D eigenvalue weighted by molar-refractivity contribution is 5.93. The minimum atomic E-state index is -0.0499. The predicted octanol–water partition coefficient (Wildman–Crippen LogP) is 1.89. The van der Waals surface area contributed by atoms with Gasteiger partial charge in [0, 0.05) is 43.5 Å². The van der Waals surface area contributed by atoms with Crippen molar-refractivity contribution in [1.29, 1.82) is 0 Å². The number of rotatable bonds is 2. The highest BCUT2D eigenvalue weighted by Crippen LogP contribution is 2.35. The van der Waals surface area contributed by atoms with Crippen LogP contribution in [0.5, 0.6) is 0 Å². The van der Waals surface area contributed by atoms with Crippen LogP contribution in [-0.2, 0) is 6.54 Å². The van der Waals surface area contributed by atoms with Crippen LogP contribution in [0.15, 0.2) is 53.5 Å². The number of carbonyl (C=O) groups excluding carboxylic acids is 1. The van der Waals surface area contributed by atoms with Gasteiger partial charge in [-0.2, -0.15) is 5.10 Å². The lowest BCUT2D eigenvalue weighted by atomic mass is 9.83. The monoisotopic (exact) mass is 361 g/mol. The zero-order valence-electron chi connectivity index (χ0n) is 14.7. The van der Waals surface area contributed by atoms with Crippen LogP contribution in [0.25, 0.3) is 11.4 Å². The Labute approximate surface area is 155 Å². The number of nitrogens with one attached hydrogen (secondary N) is 1. The largest absolute Gasteiger partial charge is 0.336 e. The molecule has 1 saturated heterocycles. The van der Waals surface area contributed by atoms with Crippen LogP contribution in [0, 0.1) is 5.92 Å². The number of piperidine rings is 1. The van der Waals surface area contributed by atoms with Crippen molar-refractivity contribution in [2.75, 3.05) is 13.1 Å². The van der Waals surface area contributed by atoms with Crippen LogP contribution in [0.3, 0.4) is 0 Å². The van der Waals surface area contributed by atoms with E-state index in [0.29, 0.717) is 36.9 Å². The Balaban J connectivity index is 1.40. The molecule has 5 rings (SSSR count). The molecule has 1 fully saturated rings. The molecule has 0 aromatic carbocycles. The lowest BCUT2D eigenvalue weighted by Gasteiger charge is -2.42. The molecule has 0 radical (unpaired) electrons. The van der Waals surface area contributed by atoms with Crippen LogP contribution >= 0.6 is 0 Å². The molecule has 3 aromatic heterocycles. The van der Waals surface area contributed by atoms with Crippen LogP contribution in [0.1, 0.15) is 28.5 Å². The van der Waals surface area contributed by atoms with Crippen molar-refractivity contribution >= 4 is 5.91 Å². The standard InChI is InChI=1S/C20H19N5O2/c26-19-6-3-5-18-14-8-13(11-25(18)19)10-24(12-14)20(27)17-9-16(22-23-17)15-4-1-2-7-21-15/h1-7,9,13-14H,8,10-12H2,(H,22,23). The van der Waals surface area contributed by atoms with E-state index in [1.807, 2.05) is 39.8 Å². The lowest BCUT2D eigenvalue weighted by molar-refractivity contribution is 0.0588. The molecule has 27 heavy (non-hydrogen) atoms. The Morgan fingerprint density at radius 2 is 2.00 bits per heavy atom. The van der Waals surface area contributed by atoms with Crippen LogP contribution in [-0.4, -0.2) is 43.6 Å². The SMILES string of the molecule is O=C(c1cc(-c2ccccn2)n[nH]1)N1CC2CC(C1)c1cccc(=O)n1C2. The molecule has 7 nitrogen and oxygen atoms in total. The molecule has 2 aliphatic rings. The Morgan fingerprint density at radius 3 is 2.85 bits per heavy atom. The first-order valence-electron chi connectivity index (χ1n) is 9.15. The van der Waals surface area contributed by atoms with Gasteiger partial charge in [0.25, 0.3) is 11.5 Å². The Morgan fingerprint density at radius 1 is 1.07 bits per heavy atom. The molecule has 1 amide bonds. The summed E-state index contributed by atoms with van der Waals surface area (Å²) in [6, 6.07) is 12.8. The van der Waals surface area contributed by atoms with Crippen LogP contribution < -0.4 is 5.56 Å². The summed E-state index contributed by atoms with van der Waals surface area (Å²) in [6.45, 7) is 1.96. The molecule has 136 valence electrons. The molecule has 2 aliphatic heterocycles. The van der Waals surface area contributed by atoms with Gasteiger partial charge in [-0.3, -0.25) is 19.7 Å². The molecule has 0 spiro atoms. The maximum atomic E-state index is 13.0. The molecule has 2 unspecified atom stereocenters. The summed E-state index contributed by atoms with van der Waals surface area (Å²) in [5.41, 5.74) is 2.95. The zero-order chi connectivity index (χ0) is 18.4. The van der Waals surface area contributed by atoms with E-state index < -0.39 is 0 Å². The van der Waals surface area contributed by atoms with Gasteiger partial charge in [-0.1, -0.05) is 12.1 Å². The summed E-state index contributed by atoms with van der Waals surface area (Å²) in [7, 11) is 0. The summed E-state index contributed by atoms with van der Waals surface area (Å²) in [5, 5.41) is 7.10. The lowest BCUT2D eigenvalue weighted by Crippen LogP contribution is -2.49. The average Bonchev–Trinajstić information content (AvgIpc) is 3.19. The third-order valence-corrected chi connectivity index (χ3v) is 5.50. The second-order valence-corrected chi connectivity index (χ2v) is 7.29. The minimum Gasteiger partial charge on any atom is -0.336 e. The van der Waals surface area contributed by atoms with E-state index in [2.05, 4.69) is 15.2 Å². The van der Waals surface area contributed by atoms with Gasteiger partial charge in [-0.05, 0) is 36.6 Å². The van der Waals surface area contributed by atoms with Crippen molar-refractivity contribution in [3.63, 3.8) is 0 Å². The molecule has 7 heteroatoms. The number of hydrogen-bond acceptors (Lipinski definition) is 4. The number of likely N-dealkylation sites (tertiary alicyclic amines) is 1. The molecule has 2 bridgehead atoms. The van der Waals surface area contributed by atoms with E-state index in [9.17, 15) is 9.59 Å². The first kappa shape index (κ1) is 16.0. The van der Waals surface area contributed by atoms with Crippen molar-refractivity contribution in [3.8, 4) is 11.4 Å². The molecule has 1 N–H and O–H groups in total. The van der Waals surface area contributed by atoms with Gasteiger partial charge in [-0.15, -0.1) is 0 Å². The van der Waals surface area contributed by atoms with Crippen molar-refractivity contribution < 1.29 is 4.79 Å². The Kier molecular flexibility index (Phi) is 3.67. The highest BCUT2D eigenvalue weighted by Gasteiger charge is 2.36. The van der Waals surface area contributed by atoms with Gasteiger partial charge >= 0.3 is 0 Å². The van der Waals surface area contributed by atoms with Gasteiger partial charge < -0.3 is 9.47 Å². The molecule has 0 aliphatic carbocycles. The van der Waals surface area contributed by atoms with Crippen molar-refractivity contribution in [2.45, 2.75) is 18.9 Å². The summed E-state index contributed by atoms with van der Waals surface area (Å²) in [6.07, 6.45) is 2.73. The number of hydrogen-bond donors (Lipinski definition) is 1. The molecule has 3 aromatic rings. The van der Waals surface area contributed by atoms with Crippen LogP contribution in [0.2, 0.25) is 0 Å². The second-order valence-electron chi connectivity index (χ2n) is 7.29. The highest BCUT2D eigenvalue weighted by atomic mass is 16.2. The molecular formula is C20H19N5O2. The number of pyridine rings is 2. The molecule has 2 atom stereocenters. The van der Waals surface area contributed by atoms with Gasteiger partial charge in [-0.25, -0.2) is 0 Å². The number of amides is 1. The van der Waals surface area contributed by atoms with Gasteiger partial charge in [0.15, 0.2) is 0 Å². The smallest absolute Gasteiger partial charge is 0.271 e. The number of carbonyl (C=O) groups is 1. The summed E-state index contributed by atoms with van der Waals surface area (Å²) in [5.74, 6) is 0.457. The Bertz CT molecular complexity index is 1060. The topological polar surface area (TPSA) is 83.9 Å². The van der Waals surface area contributed by atoms with Crippen molar-refractivity contribution in [1.82, 2.24) is 24.6 Å². The summed E-state index contributed by atoms with van der Waals surface area (Å²) >= 11 is 0. The first-order chi connectivity index (χ1) is 13.2. The quantitative estimate of drug-likeness (QED) is 0.755. The van der Waals surface area contributed by atoms with Crippen LogP contribution in [0.4, 0.5) is 0 Å². The van der Waals surface area contributed by atoms with E-state index in [4.69, 9.17) is 0 Å². The Hall–Kier alpha value is -3.22. The van der Waals surface area contributed by atoms with Gasteiger partial charge in [0.2, 0.25) is 0 Å². The average molecular weight is 361 g/mol. The van der Waals surface area contributed by atoms with Gasteiger partial charge in [0.1, 0.15) is 11.4 Å². The third-order valence-electron chi connectivity index (χ3n) is 5.50. The molecule has 0 saturated carbocycles. The number of aromatic nitrogens is 4. The van der Waals surface area contributed by atoms with Crippen molar-refractivity contribution in [3.05, 3.63) is 70.4 Å². The van der Waals surface area contributed by atoms with E-state index in [0.717, 1.165) is 17.8 Å². The molecular weight excluding hydrogens is 342 g/mol. The third kappa shape index (κ3) is 2.75. The second kappa shape index (κ2) is 6.19. The number of aromatic amines is 1. The number of H-pyrrole nitrogens is 1. The fraction of sp³-hybridized carbons (Fsp3) is 0.300. The maximum absolute atomic E-state index is 13.0. The first-order valence-corrected chi connectivity index (χ1v) is 9.15. The fourth-order valence-electron chi connectivity index (χ4n) is 4.31. The van der Waals surface area contributed by atoms with E-state index in [1.54, 1.807) is 18.3 Å². The maximum Gasteiger partial charge on any atom is 0.271 e.